The number of cyclic esters (lactones) is 1. The molecule has 0 saturated heterocycles. The van der Waals surface area contributed by atoms with Crippen molar-refractivity contribution in [1.29, 1.82) is 0 Å². The highest BCUT2D eigenvalue weighted by Gasteiger charge is 2.52. The Bertz CT molecular complexity index is 1690. The standard InChI is InChI=1S/C31H25N3O4/c1-20(35)37-24-15-12-22(13-16-24)31(26-17-14-23(33(2)3)19-25(26)30(36)38-31)29-28(21-9-5-4-6-10-21)32-27-11-7-8-18-34(27)29/h4-19H,1-3H3. The maximum Gasteiger partial charge on any atom is 0.340 e. The number of nitrogens with zero attached hydrogens (tertiary/aromatic N) is 3. The molecule has 1 aliphatic rings. The summed E-state index contributed by atoms with van der Waals surface area (Å²) in [6.45, 7) is 1.36. The molecular weight excluding hydrogens is 478 g/mol. The van der Waals surface area contributed by atoms with Crippen molar-refractivity contribution in [2.45, 2.75) is 12.5 Å². The van der Waals surface area contributed by atoms with Gasteiger partial charge in [-0.3, -0.25) is 9.20 Å². The molecule has 3 heterocycles. The van der Waals surface area contributed by atoms with E-state index in [0.717, 1.165) is 22.5 Å². The zero-order valence-electron chi connectivity index (χ0n) is 21.2. The minimum Gasteiger partial charge on any atom is -0.439 e. The third-order valence-corrected chi connectivity index (χ3v) is 6.80. The lowest BCUT2D eigenvalue weighted by Gasteiger charge is -2.31. The highest BCUT2D eigenvalue weighted by atomic mass is 16.6. The monoisotopic (exact) mass is 503 g/mol. The number of hydrogen-bond donors (Lipinski definition) is 0. The number of esters is 2. The Morgan fingerprint density at radius 3 is 2.39 bits per heavy atom. The van der Waals surface area contributed by atoms with Gasteiger partial charge < -0.3 is 14.4 Å². The van der Waals surface area contributed by atoms with Crippen LogP contribution in [0, 0.1) is 0 Å². The fourth-order valence-electron chi connectivity index (χ4n) is 5.12. The second-order valence-electron chi connectivity index (χ2n) is 9.42. The van der Waals surface area contributed by atoms with Gasteiger partial charge in [-0.05, 0) is 36.4 Å². The summed E-state index contributed by atoms with van der Waals surface area (Å²) in [6.07, 6.45) is 1.93. The van der Waals surface area contributed by atoms with Crippen LogP contribution < -0.4 is 9.64 Å². The van der Waals surface area contributed by atoms with E-state index in [1.807, 2.05) is 108 Å². The summed E-state index contributed by atoms with van der Waals surface area (Å²) in [6, 6.07) is 28.5. The molecular formula is C31H25N3O4. The summed E-state index contributed by atoms with van der Waals surface area (Å²) in [5.74, 6) is -0.419. The van der Waals surface area contributed by atoms with Gasteiger partial charge in [-0.1, -0.05) is 54.6 Å². The van der Waals surface area contributed by atoms with Crippen molar-refractivity contribution in [2.24, 2.45) is 0 Å². The highest BCUT2D eigenvalue weighted by molar-refractivity contribution is 5.98. The quantitative estimate of drug-likeness (QED) is 0.234. The van der Waals surface area contributed by atoms with Crippen LogP contribution in [0.25, 0.3) is 16.9 Å². The predicted octanol–water partition coefficient (Wildman–Crippen LogP) is 5.45. The SMILES string of the molecule is CC(=O)Oc1ccc(C2(c3c(-c4ccccc4)nc4ccccn34)OC(=O)c3cc(N(C)C)ccc32)cc1. The Morgan fingerprint density at radius 2 is 1.68 bits per heavy atom. The summed E-state index contributed by atoms with van der Waals surface area (Å²) < 4.78 is 13.7. The molecule has 7 heteroatoms. The molecule has 1 unspecified atom stereocenters. The van der Waals surface area contributed by atoms with Crippen molar-refractivity contribution in [2.75, 3.05) is 19.0 Å². The van der Waals surface area contributed by atoms with Crippen molar-refractivity contribution in [3.63, 3.8) is 0 Å². The van der Waals surface area contributed by atoms with E-state index in [4.69, 9.17) is 14.5 Å². The lowest BCUT2D eigenvalue weighted by molar-refractivity contribution is -0.131. The van der Waals surface area contributed by atoms with Gasteiger partial charge in [-0.15, -0.1) is 0 Å². The third-order valence-electron chi connectivity index (χ3n) is 6.80. The van der Waals surface area contributed by atoms with Gasteiger partial charge in [0, 0.05) is 49.6 Å². The molecule has 1 atom stereocenters. The first-order chi connectivity index (χ1) is 18.4. The largest absolute Gasteiger partial charge is 0.439 e. The van der Waals surface area contributed by atoms with Crippen LogP contribution in [0.15, 0.2) is 97.2 Å². The molecule has 3 aromatic carbocycles. The van der Waals surface area contributed by atoms with Crippen molar-refractivity contribution < 1.29 is 19.1 Å². The fraction of sp³-hybridized carbons (Fsp3) is 0.129. The van der Waals surface area contributed by atoms with Crippen molar-refractivity contribution in [1.82, 2.24) is 9.38 Å². The Kier molecular flexibility index (Phi) is 5.49. The third kappa shape index (κ3) is 3.63. The zero-order valence-corrected chi connectivity index (χ0v) is 21.2. The number of pyridine rings is 1. The first kappa shape index (κ1) is 23.5. The molecule has 7 nitrogen and oxygen atoms in total. The van der Waals surface area contributed by atoms with Crippen molar-refractivity contribution in [3.05, 3.63) is 120 Å². The van der Waals surface area contributed by atoms with Crippen molar-refractivity contribution in [3.8, 4) is 17.0 Å². The summed E-state index contributed by atoms with van der Waals surface area (Å²) in [5.41, 5.74) is 4.55. The van der Waals surface area contributed by atoms with E-state index in [1.165, 1.54) is 6.92 Å². The van der Waals surface area contributed by atoms with Crippen LogP contribution in [0.2, 0.25) is 0 Å². The Labute approximate surface area is 219 Å². The molecule has 0 fully saturated rings. The Hall–Kier alpha value is -4.91. The van der Waals surface area contributed by atoms with Crippen LogP contribution in [0.3, 0.4) is 0 Å². The van der Waals surface area contributed by atoms with E-state index in [-0.39, 0.29) is 0 Å². The number of imidazole rings is 1. The molecule has 2 aromatic heterocycles. The Morgan fingerprint density at radius 1 is 0.947 bits per heavy atom. The van der Waals surface area contributed by atoms with Gasteiger partial charge in [0.1, 0.15) is 17.1 Å². The molecule has 1 aliphatic heterocycles. The van der Waals surface area contributed by atoms with Gasteiger partial charge in [0.2, 0.25) is 5.60 Å². The summed E-state index contributed by atoms with van der Waals surface area (Å²) >= 11 is 0. The van der Waals surface area contributed by atoms with Gasteiger partial charge in [-0.25, -0.2) is 9.78 Å². The molecule has 0 aliphatic carbocycles. The number of aromatic nitrogens is 2. The number of ether oxygens (including phenoxy) is 2. The lowest BCUT2D eigenvalue weighted by atomic mass is 9.81. The number of rotatable bonds is 5. The number of hydrogen-bond acceptors (Lipinski definition) is 6. The maximum absolute atomic E-state index is 13.6. The van der Waals surface area contributed by atoms with Gasteiger partial charge >= 0.3 is 11.9 Å². The summed E-state index contributed by atoms with van der Waals surface area (Å²) in [4.78, 5) is 32.1. The molecule has 5 aromatic rings. The first-order valence-corrected chi connectivity index (χ1v) is 12.3. The van der Waals surface area contributed by atoms with Gasteiger partial charge in [-0.2, -0.15) is 0 Å². The van der Waals surface area contributed by atoms with Gasteiger partial charge in [0.05, 0.1) is 11.3 Å². The molecule has 0 spiro atoms. The van der Waals surface area contributed by atoms with Gasteiger partial charge in [0.25, 0.3) is 0 Å². The van der Waals surface area contributed by atoms with E-state index >= 15 is 0 Å². The second-order valence-corrected chi connectivity index (χ2v) is 9.42. The van der Waals surface area contributed by atoms with Crippen LogP contribution in [0.4, 0.5) is 5.69 Å². The minimum atomic E-state index is -1.31. The topological polar surface area (TPSA) is 73.1 Å². The minimum absolute atomic E-state index is 0.408. The molecule has 188 valence electrons. The molecule has 0 N–H and O–H groups in total. The molecule has 0 amide bonds. The van der Waals surface area contributed by atoms with Crippen LogP contribution >= 0.6 is 0 Å². The smallest absolute Gasteiger partial charge is 0.340 e. The van der Waals surface area contributed by atoms with Crippen LogP contribution in [0.5, 0.6) is 5.75 Å². The van der Waals surface area contributed by atoms with Crippen molar-refractivity contribution >= 4 is 23.3 Å². The van der Waals surface area contributed by atoms with E-state index in [9.17, 15) is 9.59 Å². The maximum atomic E-state index is 13.6. The van der Waals surface area contributed by atoms with Crippen LogP contribution in [-0.4, -0.2) is 35.4 Å². The fourth-order valence-corrected chi connectivity index (χ4v) is 5.12. The average Bonchev–Trinajstić information content (AvgIpc) is 3.45. The van der Waals surface area contributed by atoms with E-state index in [1.54, 1.807) is 12.1 Å². The number of anilines is 1. The molecule has 38 heavy (non-hydrogen) atoms. The van der Waals surface area contributed by atoms with E-state index in [2.05, 4.69) is 0 Å². The van der Waals surface area contributed by atoms with Gasteiger partial charge in [0.15, 0.2) is 0 Å². The molecule has 0 radical (unpaired) electrons. The summed E-state index contributed by atoms with van der Waals surface area (Å²) in [7, 11) is 3.86. The second kappa shape index (κ2) is 8.88. The predicted molar refractivity (Wildman–Crippen MR) is 144 cm³/mol. The zero-order chi connectivity index (χ0) is 26.4. The van der Waals surface area contributed by atoms with Crippen LogP contribution in [0.1, 0.15) is 34.1 Å². The molecule has 0 bridgehead atoms. The number of fused-ring (bicyclic) bond motifs is 2. The number of carbonyl (C=O) groups is 2. The normalized spacial score (nSPS) is 16.2. The lowest BCUT2D eigenvalue weighted by Crippen LogP contribution is -2.32. The number of carbonyl (C=O) groups excluding carboxylic acids is 2. The highest BCUT2D eigenvalue weighted by Crippen LogP contribution is 2.50. The average molecular weight is 504 g/mol. The van der Waals surface area contributed by atoms with Crippen LogP contribution in [-0.2, 0) is 15.1 Å². The first-order valence-electron chi connectivity index (χ1n) is 12.3. The molecule has 0 saturated carbocycles. The Balaban J connectivity index is 1.70. The molecule has 6 rings (SSSR count). The van der Waals surface area contributed by atoms with E-state index < -0.39 is 17.5 Å². The summed E-state index contributed by atoms with van der Waals surface area (Å²) in [5, 5.41) is 0. The number of benzene rings is 3. The van der Waals surface area contributed by atoms with E-state index in [0.29, 0.717) is 28.3 Å².